The summed E-state index contributed by atoms with van der Waals surface area (Å²) in [6, 6.07) is 7.77. The summed E-state index contributed by atoms with van der Waals surface area (Å²) in [6.45, 7) is 3.65. The number of fused-ring (bicyclic) bond motifs is 9. The van der Waals surface area contributed by atoms with E-state index >= 15 is 0 Å². The van der Waals surface area contributed by atoms with Crippen molar-refractivity contribution in [3.05, 3.63) is 29.8 Å². The van der Waals surface area contributed by atoms with Crippen LogP contribution in [-0.2, 0) is 11.3 Å². The minimum atomic E-state index is -4.34. The molecule has 2 bridgehead atoms. The Balaban J connectivity index is 1.72. The van der Waals surface area contributed by atoms with E-state index in [9.17, 15) is 23.1 Å². The summed E-state index contributed by atoms with van der Waals surface area (Å²) in [5, 5.41) is 10.1. The molecule has 4 rings (SSSR count). The van der Waals surface area contributed by atoms with Crippen LogP contribution in [0.4, 0.5) is 13.2 Å². The molecule has 174 valence electrons. The van der Waals surface area contributed by atoms with Gasteiger partial charge in [0.25, 0.3) is 0 Å². The van der Waals surface area contributed by atoms with Gasteiger partial charge in [-0.1, -0.05) is 24.6 Å². The van der Waals surface area contributed by atoms with Crippen LogP contribution in [-0.4, -0.2) is 66.4 Å². The van der Waals surface area contributed by atoms with Crippen molar-refractivity contribution in [2.45, 2.75) is 57.7 Å². The number of nitrogens with zero attached hydrogens (tertiary/aromatic N) is 2. The topological polar surface area (TPSA) is 53.0 Å². The van der Waals surface area contributed by atoms with Gasteiger partial charge in [0.05, 0.1) is 13.0 Å². The van der Waals surface area contributed by atoms with E-state index in [4.69, 9.17) is 4.74 Å². The largest absolute Gasteiger partial charge is 0.491 e. The number of piperidine rings is 1. The SMILES string of the molecule is O=C(CCC(F)(F)F)N1CCCCC2(CO)CCN(CC2)Cc2ccccc2OCC1. The quantitative estimate of drug-likeness (QED) is 0.769. The van der Waals surface area contributed by atoms with Crippen molar-refractivity contribution < 1.29 is 27.8 Å². The van der Waals surface area contributed by atoms with Gasteiger partial charge in [-0.25, -0.2) is 0 Å². The number of alkyl halides is 3. The number of carbonyl (C=O) groups is 1. The molecule has 0 saturated carbocycles. The normalized spacial score (nSPS) is 25.8. The fraction of sp³-hybridized carbons (Fsp3) is 0.696. The standard InChI is InChI=1S/C23H33F3N2O3/c24-23(25,26)9-7-21(30)28-12-4-3-8-22(18-29)10-13-27(14-11-22)17-19-5-1-2-6-20(19)31-16-15-28/h1-2,5-6,29H,3-4,7-18H2. The van der Waals surface area contributed by atoms with Crippen LogP contribution in [0.2, 0.25) is 0 Å². The highest BCUT2D eigenvalue weighted by molar-refractivity contribution is 5.76. The number of para-hydroxylation sites is 1. The fourth-order valence-electron chi connectivity index (χ4n) is 4.53. The van der Waals surface area contributed by atoms with Gasteiger partial charge in [-0.05, 0) is 50.3 Å². The third-order valence-corrected chi connectivity index (χ3v) is 6.60. The van der Waals surface area contributed by atoms with Crippen molar-refractivity contribution in [2.75, 3.05) is 39.4 Å². The molecule has 0 aliphatic carbocycles. The van der Waals surface area contributed by atoms with E-state index in [1.165, 1.54) is 4.90 Å². The Hall–Kier alpha value is -1.80. The molecule has 3 aliphatic rings. The second-order valence-electron chi connectivity index (χ2n) is 8.84. The van der Waals surface area contributed by atoms with Crippen LogP contribution in [0.1, 0.15) is 50.5 Å². The summed E-state index contributed by atoms with van der Waals surface area (Å²) in [6.07, 6.45) is -1.72. The minimum absolute atomic E-state index is 0.0994. The molecule has 0 atom stereocenters. The number of amides is 1. The summed E-state index contributed by atoms with van der Waals surface area (Å²) in [7, 11) is 0. The average Bonchev–Trinajstić information content (AvgIpc) is 2.76. The van der Waals surface area contributed by atoms with Crippen molar-refractivity contribution >= 4 is 5.91 Å². The lowest BCUT2D eigenvalue weighted by atomic mass is 9.75. The van der Waals surface area contributed by atoms with E-state index in [0.717, 1.165) is 56.6 Å². The lowest BCUT2D eigenvalue weighted by Crippen LogP contribution is -2.41. The third-order valence-electron chi connectivity index (χ3n) is 6.60. The van der Waals surface area contributed by atoms with Crippen molar-refractivity contribution in [3.8, 4) is 5.75 Å². The molecule has 1 N–H and O–H groups in total. The zero-order chi connectivity index (χ0) is 22.3. The Labute approximate surface area is 182 Å². The van der Waals surface area contributed by atoms with Gasteiger partial charge in [0.15, 0.2) is 0 Å². The first-order valence-electron chi connectivity index (χ1n) is 11.2. The first-order chi connectivity index (χ1) is 14.8. The zero-order valence-corrected chi connectivity index (χ0v) is 18.0. The summed E-state index contributed by atoms with van der Waals surface area (Å²) in [5.74, 6) is 0.265. The van der Waals surface area contributed by atoms with Gasteiger partial charge in [0.2, 0.25) is 5.91 Å². The smallest absolute Gasteiger partial charge is 0.389 e. The number of hydrogen-bond acceptors (Lipinski definition) is 4. The molecule has 1 aromatic carbocycles. The number of aliphatic hydroxyl groups excluding tert-OH is 1. The number of halogens is 3. The highest BCUT2D eigenvalue weighted by atomic mass is 19.4. The highest BCUT2D eigenvalue weighted by Gasteiger charge is 2.34. The average molecular weight is 443 g/mol. The van der Waals surface area contributed by atoms with Gasteiger partial charge >= 0.3 is 6.18 Å². The Kier molecular flexibility index (Phi) is 8.22. The van der Waals surface area contributed by atoms with E-state index in [0.29, 0.717) is 13.0 Å². The molecule has 3 aliphatic heterocycles. The number of ether oxygens (including phenoxy) is 1. The maximum Gasteiger partial charge on any atom is 0.389 e. The van der Waals surface area contributed by atoms with Crippen molar-refractivity contribution in [1.82, 2.24) is 9.80 Å². The number of hydrogen-bond donors (Lipinski definition) is 1. The van der Waals surface area contributed by atoms with Crippen LogP contribution in [0.5, 0.6) is 5.75 Å². The van der Waals surface area contributed by atoms with Crippen LogP contribution in [0, 0.1) is 5.41 Å². The summed E-state index contributed by atoms with van der Waals surface area (Å²) in [4.78, 5) is 16.3. The van der Waals surface area contributed by atoms with E-state index in [1.54, 1.807) is 0 Å². The predicted octanol–water partition coefficient (Wildman–Crippen LogP) is 3.99. The minimum Gasteiger partial charge on any atom is -0.491 e. The van der Waals surface area contributed by atoms with E-state index < -0.39 is 24.9 Å². The summed E-state index contributed by atoms with van der Waals surface area (Å²) in [5.41, 5.74) is 0.960. The molecule has 1 amide bonds. The van der Waals surface area contributed by atoms with E-state index in [2.05, 4.69) is 4.90 Å². The van der Waals surface area contributed by atoms with Crippen LogP contribution in [0.15, 0.2) is 24.3 Å². The van der Waals surface area contributed by atoms with Crippen molar-refractivity contribution in [2.24, 2.45) is 5.41 Å². The number of aliphatic hydroxyl groups is 1. The molecule has 0 unspecified atom stereocenters. The molecule has 0 aromatic heterocycles. The molecule has 5 nitrogen and oxygen atoms in total. The van der Waals surface area contributed by atoms with Gasteiger partial charge in [-0.2, -0.15) is 13.2 Å². The van der Waals surface area contributed by atoms with Crippen molar-refractivity contribution in [1.29, 1.82) is 0 Å². The second kappa shape index (κ2) is 10.7. The zero-order valence-electron chi connectivity index (χ0n) is 18.0. The van der Waals surface area contributed by atoms with Gasteiger partial charge in [-0.3, -0.25) is 9.69 Å². The van der Waals surface area contributed by atoms with Crippen LogP contribution < -0.4 is 4.74 Å². The first kappa shape index (κ1) is 23.9. The summed E-state index contributed by atoms with van der Waals surface area (Å²) >= 11 is 0. The Morgan fingerprint density at radius 3 is 2.52 bits per heavy atom. The number of carbonyl (C=O) groups excluding carboxylic acids is 1. The van der Waals surface area contributed by atoms with Gasteiger partial charge < -0.3 is 14.7 Å². The molecule has 0 spiro atoms. The molecule has 8 heteroatoms. The highest BCUT2D eigenvalue weighted by Crippen LogP contribution is 2.37. The Morgan fingerprint density at radius 1 is 1.06 bits per heavy atom. The molecule has 1 aromatic rings. The predicted molar refractivity (Wildman–Crippen MR) is 112 cm³/mol. The Morgan fingerprint density at radius 2 is 1.81 bits per heavy atom. The monoisotopic (exact) mass is 442 g/mol. The number of rotatable bonds is 3. The van der Waals surface area contributed by atoms with E-state index in [-0.39, 0.29) is 25.2 Å². The lowest BCUT2D eigenvalue weighted by Gasteiger charge is -2.41. The van der Waals surface area contributed by atoms with Crippen LogP contribution in [0.3, 0.4) is 0 Å². The lowest BCUT2D eigenvalue weighted by molar-refractivity contribution is -0.149. The molecule has 31 heavy (non-hydrogen) atoms. The molecule has 1 fully saturated rings. The molecule has 3 heterocycles. The molecule has 1 saturated heterocycles. The maximum atomic E-state index is 12.6. The van der Waals surface area contributed by atoms with E-state index in [1.807, 2.05) is 24.3 Å². The maximum absolute atomic E-state index is 12.6. The second-order valence-corrected chi connectivity index (χ2v) is 8.84. The van der Waals surface area contributed by atoms with Crippen LogP contribution in [0.25, 0.3) is 0 Å². The molecular formula is C23H33F3N2O3. The number of benzene rings is 1. The van der Waals surface area contributed by atoms with Gasteiger partial charge in [0, 0.05) is 31.7 Å². The Bertz CT molecular complexity index is 718. The molecule has 0 radical (unpaired) electrons. The van der Waals surface area contributed by atoms with Gasteiger partial charge in [-0.15, -0.1) is 0 Å². The third kappa shape index (κ3) is 7.10. The van der Waals surface area contributed by atoms with Gasteiger partial charge in [0.1, 0.15) is 12.4 Å². The van der Waals surface area contributed by atoms with Crippen LogP contribution >= 0.6 is 0 Å². The first-order valence-corrected chi connectivity index (χ1v) is 11.2. The molecular weight excluding hydrogens is 409 g/mol. The van der Waals surface area contributed by atoms with Crippen molar-refractivity contribution in [3.63, 3.8) is 0 Å². The fourth-order valence-corrected chi connectivity index (χ4v) is 4.53. The summed E-state index contributed by atoms with van der Waals surface area (Å²) < 4.78 is 43.7.